The third-order valence-electron chi connectivity index (χ3n) is 4.30. The summed E-state index contributed by atoms with van der Waals surface area (Å²) in [6, 6.07) is 6.13. The maximum Gasteiger partial charge on any atom is 0.339 e. The van der Waals surface area contributed by atoms with Crippen molar-refractivity contribution >= 4 is 11.9 Å². The van der Waals surface area contributed by atoms with E-state index in [0.29, 0.717) is 18.4 Å². The lowest BCUT2D eigenvalue weighted by Crippen LogP contribution is -2.14. The molecule has 1 aromatic carbocycles. The van der Waals surface area contributed by atoms with Crippen LogP contribution < -0.4 is 0 Å². The Balaban J connectivity index is 2.49. The Kier molecular flexibility index (Phi) is 7.64. The van der Waals surface area contributed by atoms with E-state index >= 15 is 0 Å². The van der Waals surface area contributed by atoms with Gasteiger partial charge in [-0.2, -0.15) is 0 Å². The number of carbonyl (C=O) groups excluding carboxylic acids is 1. The standard InChI is InChI=1S/C18H26O4/c1-4-13(3)14(5-2)9-8-12-22-18(21)16-11-7-6-10-15(16)17(19)20/h6-7,10-11,13-14H,4-5,8-9,12H2,1-3H3,(H,19,20). The van der Waals surface area contributed by atoms with Crippen LogP contribution in [-0.4, -0.2) is 23.7 Å². The first kappa shape index (κ1) is 18.2. The molecule has 0 saturated heterocycles. The molecule has 0 heterocycles. The molecule has 22 heavy (non-hydrogen) atoms. The minimum atomic E-state index is -1.12. The maximum atomic E-state index is 12.0. The molecule has 0 fully saturated rings. The first-order valence-electron chi connectivity index (χ1n) is 8.00. The van der Waals surface area contributed by atoms with Crippen LogP contribution in [0.4, 0.5) is 0 Å². The van der Waals surface area contributed by atoms with Crippen LogP contribution in [0.5, 0.6) is 0 Å². The van der Waals surface area contributed by atoms with Crippen molar-refractivity contribution < 1.29 is 19.4 Å². The highest BCUT2D eigenvalue weighted by Gasteiger charge is 2.17. The van der Waals surface area contributed by atoms with E-state index in [1.807, 2.05) is 0 Å². The van der Waals surface area contributed by atoms with Gasteiger partial charge in [-0.3, -0.25) is 0 Å². The van der Waals surface area contributed by atoms with Crippen molar-refractivity contribution in [2.75, 3.05) is 6.61 Å². The number of hydrogen-bond donors (Lipinski definition) is 1. The van der Waals surface area contributed by atoms with E-state index in [2.05, 4.69) is 20.8 Å². The highest BCUT2D eigenvalue weighted by molar-refractivity contribution is 6.02. The smallest absolute Gasteiger partial charge is 0.339 e. The molecule has 0 amide bonds. The molecule has 0 saturated carbocycles. The van der Waals surface area contributed by atoms with Crippen molar-refractivity contribution in [3.63, 3.8) is 0 Å². The quantitative estimate of drug-likeness (QED) is 0.542. The zero-order chi connectivity index (χ0) is 16.5. The number of aromatic carboxylic acids is 1. The minimum Gasteiger partial charge on any atom is -0.478 e. The zero-order valence-corrected chi connectivity index (χ0v) is 13.7. The van der Waals surface area contributed by atoms with Gasteiger partial charge in [-0.15, -0.1) is 0 Å². The van der Waals surface area contributed by atoms with Crippen LogP contribution in [0.15, 0.2) is 24.3 Å². The third kappa shape index (κ3) is 5.17. The van der Waals surface area contributed by atoms with Crippen LogP contribution in [0.3, 0.4) is 0 Å². The molecule has 0 spiro atoms. The fourth-order valence-corrected chi connectivity index (χ4v) is 2.66. The second kappa shape index (κ2) is 9.23. The molecule has 0 aliphatic rings. The molecule has 0 radical (unpaired) electrons. The Hall–Kier alpha value is -1.84. The van der Waals surface area contributed by atoms with Crippen molar-refractivity contribution in [1.29, 1.82) is 0 Å². The number of rotatable bonds is 9. The van der Waals surface area contributed by atoms with Crippen LogP contribution in [0.1, 0.15) is 67.2 Å². The van der Waals surface area contributed by atoms with Crippen molar-refractivity contribution in [3.8, 4) is 0 Å². The van der Waals surface area contributed by atoms with E-state index in [1.165, 1.54) is 12.1 Å². The van der Waals surface area contributed by atoms with Gasteiger partial charge in [0.2, 0.25) is 0 Å². The predicted molar refractivity (Wildman–Crippen MR) is 86.2 cm³/mol. The first-order chi connectivity index (χ1) is 10.5. The summed E-state index contributed by atoms with van der Waals surface area (Å²) in [4.78, 5) is 23.1. The minimum absolute atomic E-state index is 0.0152. The molecular formula is C18H26O4. The van der Waals surface area contributed by atoms with Gasteiger partial charge in [0.1, 0.15) is 0 Å². The average molecular weight is 306 g/mol. The third-order valence-corrected chi connectivity index (χ3v) is 4.30. The Bertz CT molecular complexity index is 496. The number of esters is 1. The topological polar surface area (TPSA) is 63.6 Å². The zero-order valence-electron chi connectivity index (χ0n) is 13.7. The molecule has 1 aromatic rings. The van der Waals surface area contributed by atoms with Crippen molar-refractivity contribution in [1.82, 2.24) is 0 Å². The van der Waals surface area contributed by atoms with E-state index in [-0.39, 0.29) is 11.1 Å². The van der Waals surface area contributed by atoms with E-state index in [4.69, 9.17) is 9.84 Å². The lowest BCUT2D eigenvalue weighted by Gasteiger charge is -2.21. The largest absolute Gasteiger partial charge is 0.478 e. The lowest BCUT2D eigenvalue weighted by molar-refractivity contribution is 0.0480. The molecule has 1 rings (SSSR count). The Morgan fingerprint density at radius 2 is 1.77 bits per heavy atom. The summed E-state index contributed by atoms with van der Waals surface area (Å²) in [7, 11) is 0. The number of carboxylic acids is 1. The Morgan fingerprint density at radius 3 is 2.32 bits per heavy atom. The van der Waals surface area contributed by atoms with E-state index in [1.54, 1.807) is 12.1 Å². The molecule has 122 valence electrons. The van der Waals surface area contributed by atoms with E-state index < -0.39 is 11.9 Å². The molecule has 0 aliphatic heterocycles. The average Bonchev–Trinajstić information content (AvgIpc) is 2.54. The highest BCUT2D eigenvalue weighted by Crippen LogP contribution is 2.23. The summed E-state index contributed by atoms with van der Waals surface area (Å²) < 4.78 is 5.22. The van der Waals surface area contributed by atoms with E-state index in [0.717, 1.165) is 25.7 Å². The molecule has 1 N–H and O–H groups in total. The number of ether oxygens (including phenoxy) is 1. The fraction of sp³-hybridized carbons (Fsp3) is 0.556. The molecule has 4 nitrogen and oxygen atoms in total. The van der Waals surface area contributed by atoms with Gasteiger partial charge in [0, 0.05) is 0 Å². The van der Waals surface area contributed by atoms with Crippen LogP contribution in [0.25, 0.3) is 0 Å². The van der Waals surface area contributed by atoms with Gasteiger partial charge >= 0.3 is 11.9 Å². The van der Waals surface area contributed by atoms with Crippen LogP contribution in [-0.2, 0) is 4.74 Å². The van der Waals surface area contributed by atoms with Crippen molar-refractivity contribution in [2.24, 2.45) is 11.8 Å². The number of carbonyl (C=O) groups is 2. The maximum absolute atomic E-state index is 12.0. The number of hydrogen-bond acceptors (Lipinski definition) is 3. The van der Waals surface area contributed by atoms with Gasteiger partial charge < -0.3 is 9.84 Å². The second-order valence-corrected chi connectivity index (χ2v) is 5.68. The summed E-state index contributed by atoms with van der Waals surface area (Å²) in [6.07, 6.45) is 4.12. The first-order valence-corrected chi connectivity index (χ1v) is 8.00. The van der Waals surface area contributed by atoms with Gasteiger partial charge in [-0.1, -0.05) is 45.7 Å². The second-order valence-electron chi connectivity index (χ2n) is 5.68. The Morgan fingerprint density at radius 1 is 1.14 bits per heavy atom. The summed E-state index contributed by atoms with van der Waals surface area (Å²) in [6.45, 7) is 6.96. The lowest BCUT2D eigenvalue weighted by atomic mass is 9.86. The summed E-state index contributed by atoms with van der Waals surface area (Å²) in [5, 5.41) is 9.07. The SMILES string of the molecule is CCC(C)C(CC)CCCOC(=O)c1ccccc1C(=O)O. The van der Waals surface area contributed by atoms with Crippen molar-refractivity contribution in [2.45, 2.75) is 46.5 Å². The summed E-state index contributed by atoms with van der Waals surface area (Å²) in [5.41, 5.74) is 0.0995. The highest BCUT2D eigenvalue weighted by atomic mass is 16.5. The normalized spacial score (nSPS) is 13.4. The monoisotopic (exact) mass is 306 g/mol. The molecule has 0 aliphatic carbocycles. The van der Waals surface area contributed by atoms with Crippen LogP contribution in [0, 0.1) is 11.8 Å². The Labute approximate surface area is 132 Å². The van der Waals surface area contributed by atoms with Gasteiger partial charge in [0.15, 0.2) is 0 Å². The molecule has 0 aromatic heterocycles. The fourth-order valence-electron chi connectivity index (χ4n) is 2.66. The van der Waals surface area contributed by atoms with Gasteiger partial charge in [-0.25, -0.2) is 9.59 Å². The molecule has 0 bridgehead atoms. The van der Waals surface area contributed by atoms with Crippen LogP contribution >= 0.6 is 0 Å². The molecule has 2 atom stereocenters. The van der Waals surface area contributed by atoms with Crippen molar-refractivity contribution in [3.05, 3.63) is 35.4 Å². The van der Waals surface area contributed by atoms with Crippen LogP contribution in [0.2, 0.25) is 0 Å². The molecule has 2 unspecified atom stereocenters. The number of carboxylic acid groups (broad SMARTS) is 1. The predicted octanol–water partition coefficient (Wildman–Crippen LogP) is 4.39. The molecular weight excluding hydrogens is 280 g/mol. The van der Waals surface area contributed by atoms with E-state index in [9.17, 15) is 9.59 Å². The summed E-state index contributed by atoms with van der Waals surface area (Å²) in [5.74, 6) is -0.353. The molecule has 4 heteroatoms. The van der Waals surface area contributed by atoms with Gasteiger partial charge in [-0.05, 0) is 36.8 Å². The van der Waals surface area contributed by atoms with Gasteiger partial charge in [0.05, 0.1) is 17.7 Å². The summed E-state index contributed by atoms with van der Waals surface area (Å²) >= 11 is 0. The number of benzene rings is 1. The van der Waals surface area contributed by atoms with Gasteiger partial charge in [0.25, 0.3) is 0 Å².